The number of aliphatic hydroxyl groups excluding tert-OH is 1. The van der Waals surface area contributed by atoms with Crippen molar-refractivity contribution < 1.29 is 14.6 Å². The zero-order valence-corrected chi connectivity index (χ0v) is 7.17. The molecule has 1 rings (SSSR count). The Morgan fingerprint density at radius 1 is 1.85 bits per heavy atom. The Labute approximate surface area is 75.8 Å². The van der Waals surface area contributed by atoms with Crippen molar-refractivity contribution in [2.45, 2.75) is 6.10 Å². The minimum atomic E-state index is -0.800. The molecule has 1 amide bonds. The molecule has 2 atom stereocenters. The van der Waals surface area contributed by atoms with E-state index in [0.29, 0.717) is 0 Å². The highest BCUT2D eigenvalue weighted by Gasteiger charge is 2.26. The number of hydrogen-bond donors (Lipinski definition) is 1. The quantitative estimate of drug-likeness (QED) is 0.575. The van der Waals surface area contributed by atoms with Crippen molar-refractivity contribution in [3.05, 3.63) is 12.3 Å². The summed E-state index contributed by atoms with van der Waals surface area (Å²) in [6, 6.07) is 1.91. The van der Waals surface area contributed by atoms with Gasteiger partial charge >= 0.3 is 6.09 Å². The third-order valence-corrected chi connectivity index (χ3v) is 1.84. The van der Waals surface area contributed by atoms with Gasteiger partial charge in [0.2, 0.25) is 0 Å². The largest absolute Gasteiger partial charge is 0.452 e. The van der Waals surface area contributed by atoms with Crippen LogP contribution in [0.25, 0.3) is 0 Å². The molecular weight excluding hydrogens is 172 g/mol. The van der Waals surface area contributed by atoms with Gasteiger partial charge in [-0.2, -0.15) is 5.26 Å². The summed E-state index contributed by atoms with van der Waals surface area (Å²) in [5.41, 5.74) is 0. The molecule has 0 aromatic carbocycles. The number of nitriles is 1. The second-order valence-corrected chi connectivity index (χ2v) is 2.69. The van der Waals surface area contributed by atoms with Crippen LogP contribution in [-0.2, 0) is 4.74 Å². The number of aliphatic hydroxyl groups is 1. The van der Waals surface area contributed by atoms with E-state index in [4.69, 9.17) is 5.26 Å². The molecular formula is C8H10N2O3. The molecule has 5 heteroatoms. The first-order valence-corrected chi connectivity index (χ1v) is 3.79. The minimum Gasteiger partial charge on any atom is -0.452 e. The third kappa shape index (κ3) is 1.98. The van der Waals surface area contributed by atoms with Crippen LogP contribution in [0.3, 0.4) is 0 Å². The van der Waals surface area contributed by atoms with Gasteiger partial charge in [-0.3, -0.25) is 4.90 Å². The Bertz CT molecular complexity index is 269. The van der Waals surface area contributed by atoms with E-state index in [1.807, 2.05) is 6.07 Å². The topological polar surface area (TPSA) is 73.6 Å². The zero-order chi connectivity index (χ0) is 9.84. The highest BCUT2D eigenvalue weighted by atomic mass is 16.5. The number of carbonyl (C=O) groups excluding carboxylic acids is 1. The molecule has 1 N–H and O–H groups in total. The van der Waals surface area contributed by atoms with Gasteiger partial charge in [-0.1, -0.05) is 0 Å². The van der Waals surface area contributed by atoms with E-state index in [0.717, 1.165) is 0 Å². The molecule has 0 saturated carbocycles. The summed E-state index contributed by atoms with van der Waals surface area (Å²) in [5.74, 6) is -0.580. The maximum atomic E-state index is 11.0. The van der Waals surface area contributed by atoms with Crippen molar-refractivity contribution in [3.63, 3.8) is 0 Å². The van der Waals surface area contributed by atoms with Crippen molar-refractivity contribution >= 4 is 6.09 Å². The first-order chi connectivity index (χ1) is 6.19. The lowest BCUT2D eigenvalue weighted by atomic mass is 10.0. The molecule has 0 bridgehead atoms. The van der Waals surface area contributed by atoms with Gasteiger partial charge in [0.05, 0.1) is 25.2 Å². The molecule has 0 fully saturated rings. The second kappa shape index (κ2) is 3.92. The number of methoxy groups -OCH3 is 1. The van der Waals surface area contributed by atoms with E-state index in [1.54, 1.807) is 0 Å². The van der Waals surface area contributed by atoms with Gasteiger partial charge < -0.3 is 9.84 Å². The number of rotatable bonds is 0. The van der Waals surface area contributed by atoms with Gasteiger partial charge in [0.15, 0.2) is 0 Å². The smallest absolute Gasteiger partial charge is 0.413 e. The Hall–Kier alpha value is -1.54. The van der Waals surface area contributed by atoms with Gasteiger partial charge in [-0.05, 0) is 6.08 Å². The average molecular weight is 182 g/mol. The van der Waals surface area contributed by atoms with E-state index >= 15 is 0 Å². The van der Waals surface area contributed by atoms with Gasteiger partial charge in [0.25, 0.3) is 0 Å². The summed E-state index contributed by atoms with van der Waals surface area (Å²) in [6.07, 6.45) is 1.49. The van der Waals surface area contributed by atoms with Crippen molar-refractivity contribution in [2.24, 2.45) is 5.92 Å². The molecule has 5 nitrogen and oxygen atoms in total. The first kappa shape index (κ1) is 9.55. The fourth-order valence-electron chi connectivity index (χ4n) is 1.08. The van der Waals surface area contributed by atoms with Crippen LogP contribution in [0.15, 0.2) is 12.3 Å². The van der Waals surface area contributed by atoms with Gasteiger partial charge in [0.1, 0.15) is 0 Å². The lowest BCUT2D eigenvalue weighted by Crippen LogP contribution is -2.38. The summed E-state index contributed by atoms with van der Waals surface area (Å²) in [5, 5.41) is 17.9. The first-order valence-electron chi connectivity index (χ1n) is 3.79. The Morgan fingerprint density at radius 3 is 3.08 bits per heavy atom. The number of carbonyl (C=O) groups is 1. The van der Waals surface area contributed by atoms with Crippen LogP contribution in [-0.4, -0.2) is 35.9 Å². The average Bonchev–Trinajstić information content (AvgIpc) is 2.17. The summed E-state index contributed by atoms with van der Waals surface area (Å²) in [7, 11) is 1.27. The molecule has 0 spiro atoms. The van der Waals surface area contributed by atoms with Gasteiger partial charge in [0, 0.05) is 12.7 Å². The second-order valence-electron chi connectivity index (χ2n) is 2.69. The molecule has 2 unspecified atom stereocenters. The van der Waals surface area contributed by atoms with Crippen LogP contribution in [0.5, 0.6) is 0 Å². The van der Waals surface area contributed by atoms with E-state index in [-0.39, 0.29) is 6.54 Å². The van der Waals surface area contributed by atoms with E-state index in [1.165, 1.54) is 24.3 Å². The number of amides is 1. The lowest BCUT2D eigenvalue weighted by Gasteiger charge is -2.26. The monoisotopic (exact) mass is 182 g/mol. The fraction of sp³-hybridized carbons (Fsp3) is 0.500. The van der Waals surface area contributed by atoms with E-state index in [9.17, 15) is 9.90 Å². The molecule has 1 heterocycles. The molecule has 13 heavy (non-hydrogen) atoms. The minimum absolute atomic E-state index is 0.167. The number of ether oxygens (including phenoxy) is 1. The summed E-state index contributed by atoms with van der Waals surface area (Å²) in [6.45, 7) is 0.167. The van der Waals surface area contributed by atoms with Gasteiger partial charge in [-0.25, -0.2) is 4.79 Å². The molecule has 1 aliphatic rings. The molecule has 0 aromatic heterocycles. The molecule has 0 radical (unpaired) electrons. The SMILES string of the molecule is COC(=O)N1C=CC(O)C(C#N)C1. The summed E-state index contributed by atoms with van der Waals surface area (Å²) >= 11 is 0. The summed E-state index contributed by atoms with van der Waals surface area (Å²) < 4.78 is 4.46. The molecule has 0 aromatic rings. The van der Waals surface area contributed by atoms with Crippen LogP contribution >= 0.6 is 0 Å². The predicted molar refractivity (Wildman–Crippen MR) is 43.4 cm³/mol. The number of hydrogen-bond acceptors (Lipinski definition) is 4. The fourth-order valence-corrected chi connectivity index (χ4v) is 1.08. The van der Waals surface area contributed by atoms with Crippen LogP contribution < -0.4 is 0 Å². The van der Waals surface area contributed by atoms with Crippen molar-refractivity contribution in [2.75, 3.05) is 13.7 Å². The van der Waals surface area contributed by atoms with Crippen LogP contribution in [0.1, 0.15) is 0 Å². The molecule has 0 saturated heterocycles. The molecule has 0 aliphatic carbocycles. The standard InChI is InChI=1S/C8H10N2O3/c1-13-8(12)10-3-2-7(11)6(4-9)5-10/h2-3,6-7,11H,5H2,1H3. The van der Waals surface area contributed by atoms with Crippen molar-refractivity contribution in [1.29, 1.82) is 5.26 Å². The van der Waals surface area contributed by atoms with Crippen LogP contribution in [0.4, 0.5) is 4.79 Å². The van der Waals surface area contributed by atoms with Crippen molar-refractivity contribution in [3.8, 4) is 6.07 Å². The van der Waals surface area contributed by atoms with E-state index in [2.05, 4.69) is 4.74 Å². The number of nitrogens with zero attached hydrogens (tertiary/aromatic N) is 2. The Morgan fingerprint density at radius 2 is 2.54 bits per heavy atom. The maximum Gasteiger partial charge on any atom is 0.413 e. The predicted octanol–water partition coefficient (Wildman–Crippen LogP) is 0.0828. The highest BCUT2D eigenvalue weighted by molar-refractivity contribution is 5.69. The maximum absolute atomic E-state index is 11.0. The van der Waals surface area contributed by atoms with Crippen molar-refractivity contribution in [1.82, 2.24) is 4.90 Å². The van der Waals surface area contributed by atoms with Crippen LogP contribution in [0, 0.1) is 17.2 Å². The zero-order valence-electron chi connectivity index (χ0n) is 7.17. The normalized spacial score (nSPS) is 26.7. The molecule has 70 valence electrons. The lowest BCUT2D eigenvalue weighted by molar-refractivity contribution is 0.110. The molecule has 1 aliphatic heterocycles. The Balaban J connectivity index is 2.69. The summed E-state index contributed by atoms with van der Waals surface area (Å²) in [4.78, 5) is 12.2. The van der Waals surface area contributed by atoms with Crippen LogP contribution in [0.2, 0.25) is 0 Å². The van der Waals surface area contributed by atoms with E-state index < -0.39 is 18.1 Å². The highest BCUT2D eigenvalue weighted by Crippen LogP contribution is 2.14. The Kier molecular flexibility index (Phi) is 2.88. The van der Waals surface area contributed by atoms with Gasteiger partial charge in [-0.15, -0.1) is 0 Å². The third-order valence-electron chi connectivity index (χ3n) is 1.84.